The fraction of sp³-hybridized carbons (Fsp3) is 0.192. The zero-order valence-electron chi connectivity index (χ0n) is 19.3. The maximum atomic E-state index is 12.3. The summed E-state index contributed by atoms with van der Waals surface area (Å²) >= 11 is 1.64. The molecule has 2 aromatic carbocycles. The number of rotatable bonds is 8. The monoisotopic (exact) mass is 509 g/mol. The molecule has 0 aliphatic rings. The second-order valence-corrected chi connectivity index (χ2v) is 9.49. The number of benzene rings is 2. The molecule has 6 nitrogen and oxygen atoms in total. The maximum absolute atomic E-state index is 12.3. The Labute approximate surface area is 209 Å². The quantitative estimate of drug-likeness (QED) is 0.220. The molecule has 10 heteroatoms. The van der Waals surface area contributed by atoms with Gasteiger partial charge in [0.1, 0.15) is 16.4 Å². The lowest BCUT2D eigenvalue weighted by Gasteiger charge is -2.10. The number of halogens is 3. The van der Waals surface area contributed by atoms with Crippen LogP contribution < -0.4 is 10.1 Å². The van der Waals surface area contributed by atoms with Crippen molar-refractivity contribution in [1.29, 1.82) is 0 Å². The molecule has 3 aromatic heterocycles. The van der Waals surface area contributed by atoms with Gasteiger partial charge in [-0.3, -0.25) is 5.10 Å². The second kappa shape index (κ2) is 9.98. The highest BCUT2D eigenvalue weighted by atomic mass is 32.1. The summed E-state index contributed by atoms with van der Waals surface area (Å²) in [6.07, 6.45) is 0.567. The van der Waals surface area contributed by atoms with Crippen LogP contribution in [0.15, 0.2) is 67.0 Å². The van der Waals surface area contributed by atoms with Crippen molar-refractivity contribution in [3.63, 3.8) is 0 Å². The molecule has 0 aliphatic carbocycles. The van der Waals surface area contributed by atoms with Gasteiger partial charge in [-0.15, -0.1) is 24.5 Å². The highest BCUT2D eigenvalue weighted by Crippen LogP contribution is 2.31. The van der Waals surface area contributed by atoms with Crippen molar-refractivity contribution in [2.75, 3.05) is 11.9 Å². The summed E-state index contributed by atoms with van der Waals surface area (Å²) < 4.78 is 41.0. The normalized spacial score (nSPS) is 11.7. The zero-order valence-corrected chi connectivity index (χ0v) is 20.1. The molecule has 184 valence electrons. The van der Waals surface area contributed by atoms with E-state index in [0.717, 1.165) is 52.1 Å². The molecule has 0 bridgehead atoms. The van der Waals surface area contributed by atoms with E-state index in [1.54, 1.807) is 35.9 Å². The minimum absolute atomic E-state index is 0.231. The smallest absolute Gasteiger partial charge is 0.406 e. The summed E-state index contributed by atoms with van der Waals surface area (Å²) in [6.45, 7) is 2.80. The number of hydrogen-bond acceptors (Lipinski definition) is 6. The number of aromatic nitrogens is 4. The summed E-state index contributed by atoms with van der Waals surface area (Å²) in [5, 5.41) is 11.3. The van der Waals surface area contributed by atoms with Gasteiger partial charge in [0.2, 0.25) is 0 Å². The third-order valence-electron chi connectivity index (χ3n) is 5.58. The molecule has 0 atom stereocenters. The lowest BCUT2D eigenvalue weighted by molar-refractivity contribution is -0.274. The Hall–Kier alpha value is -3.92. The molecule has 5 aromatic rings. The van der Waals surface area contributed by atoms with Crippen LogP contribution in [0, 0.1) is 6.92 Å². The van der Waals surface area contributed by atoms with Gasteiger partial charge < -0.3 is 10.1 Å². The fourth-order valence-electron chi connectivity index (χ4n) is 3.89. The van der Waals surface area contributed by atoms with Crippen molar-refractivity contribution in [3.05, 3.63) is 77.4 Å². The lowest BCUT2D eigenvalue weighted by atomic mass is 10.0. The number of aromatic amines is 1. The number of aryl methyl sites for hydroxylation is 2. The van der Waals surface area contributed by atoms with E-state index in [2.05, 4.69) is 38.2 Å². The molecular weight excluding hydrogens is 487 g/mol. The van der Waals surface area contributed by atoms with Crippen LogP contribution in [0.2, 0.25) is 0 Å². The molecule has 5 rings (SSSR count). The molecule has 0 saturated carbocycles. The molecule has 36 heavy (non-hydrogen) atoms. The van der Waals surface area contributed by atoms with Gasteiger partial charge in [-0.05, 0) is 54.7 Å². The summed E-state index contributed by atoms with van der Waals surface area (Å²) in [6, 6.07) is 16.0. The van der Waals surface area contributed by atoms with E-state index in [4.69, 9.17) is 4.98 Å². The molecule has 2 N–H and O–H groups in total. The van der Waals surface area contributed by atoms with E-state index in [0.29, 0.717) is 5.82 Å². The van der Waals surface area contributed by atoms with Crippen molar-refractivity contribution < 1.29 is 17.9 Å². The van der Waals surface area contributed by atoms with Crippen LogP contribution in [-0.2, 0) is 6.42 Å². The molecule has 0 unspecified atom stereocenters. The standard InChI is InChI=1S/C26H22F3N5OS/c1-16-13-22-24(33-23(34-25(22)36-16)20-14-31-32-15-20)30-12-2-3-17-4-6-18(7-5-17)19-8-10-21(11-9-19)35-26(27,28)29/h4-11,13-15H,2-3,12H2,1H3,(H,31,32)(H,30,33,34). The first kappa shape index (κ1) is 23.8. The second-order valence-electron chi connectivity index (χ2n) is 8.26. The average Bonchev–Trinajstić information content (AvgIpc) is 3.51. The van der Waals surface area contributed by atoms with Crippen molar-refractivity contribution in [2.24, 2.45) is 0 Å². The Morgan fingerprint density at radius 3 is 2.36 bits per heavy atom. The Kier molecular flexibility index (Phi) is 6.60. The van der Waals surface area contributed by atoms with Gasteiger partial charge >= 0.3 is 6.36 Å². The minimum atomic E-state index is -4.69. The molecule has 0 radical (unpaired) electrons. The number of thiophene rings is 1. The van der Waals surface area contributed by atoms with Gasteiger partial charge in [0, 0.05) is 17.6 Å². The zero-order chi connectivity index (χ0) is 25.1. The Morgan fingerprint density at radius 1 is 0.972 bits per heavy atom. The van der Waals surface area contributed by atoms with Gasteiger partial charge in [0.05, 0.1) is 17.1 Å². The number of ether oxygens (including phenoxy) is 1. The topological polar surface area (TPSA) is 75.7 Å². The number of anilines is 1. The van der Waals surface area contributed by atoms with Crippen LogP contribution in [0.3, 0.4) is 0 Å². The number of alkyl halides is 3. The third-order valence-corrected chi connectivity index (χ3v) is 6.53. The largest absolute Gasteiger partial charge is 0.573 e. The number of nitrogens with zero attached hydrogens (tertiary/aromatic N) is 3. The molecule has 0 fully saturated rings. The third kappa shape index (κ3) is 5.65. The molecular formula is C26H22F3N5OS. The van der Waals surface area contributed by atoms with Gasteiger partial charge in [0.15, 0.2) is 5.82 Å². The van der Waals surface area contributed by atoms with Crippen LogP contribution in [0.1, 0.15) is 16.9 Å². The average molecular weight is 510 g/mol. The first-order chi connectivity index (χ1) is 17.3. The molecule has 0 aliphatic heterocycles. The van der Waals surface area contributed by atoms with Crippen LogP contribution in [-0.4, -0.2) is 33.1 Å². The predicted octanol–water partition coefficient (Wildman–Crippen LogP) is 7.00. The molecule has 0 amide bonds. The Bertz CT molecular complexity index is 1450. The van der Waals surface area contributed by atoms with E-state index in [1.807, 2.05) is 24.3 Å². The summed E-state index contributed by atoms with van der Waals surface area (Å²) in [5.74, 6) is 1.22. The number of H-pyrrole nitrogens is 1. The Morgan fingerprint density at radius 2 is 1.69 bits per heavy atom. The first-order valence-electron chi connectivity index (χ1n) is 11.3. The molecule has 0 spiro atoms. The fourth-order valence-corrected chi connectivity index (χ4v) is 4.77. The van der Waals surface area contributed by atoms with Crippen LogP contribution in [0.5, 0.6) is 5.75 Å². The highest BCUT2D eigenvalue weighted by Gasteiger charge is 2.30. The van der Waals surface area contributed by atoms with Gasteiger partial charge in [-0.2, -0.15) is 5.10 Å². The van der Waals surface area contributed by atoms with Crippen molar-refractivity contribution in [1.82, 2.24) is 20.2 Å². The number of hydrogen-bond donors (Lipinski definition) is 2. The van der Waals surface area contributed by atoms with E-state index in [-0.39, 0.29) is 5.75 Å². The van der Waals surface area contributed by atoms with E-state index in [1.165, 1.54) is 22.6 Å². The van der Waals surface area contributed by atoms with Crippen LogP contribution >= 0.6 is 11.3 Å². The molecule has 0 saturated heterocycles. The van der Waals surface area contributed by atoms with E-state index >= 15 is 0 Å². The van der Waals surface area contributed by atoms with Gasteiger partial charge in [0.25, 0.3) is 0 Å². The van der Waals surface area contributed by atoms with Crippen LogP contribution in [0.25, 0.3) is 32.7 Å². The maximum Gasteiger partial charge on any atom is 0.573 e. The number of fused-ring (bicyclic) bond motifs is 1. The Balaban J connectivity index is 1.20. The van der Waals surface area contributed by atoms with Crippen molar-refractivity contribution in [3.8, 4) is 28.3 Å². The van der Waals surface area contributed by atoms with E-state index < -0.39 is 6.36 Å². The summed E-state index contributed by atoms with van der Waals surface area (Å²) in [4.78, 5) is 11.5. The SMILES string of the molecule is Cc1cc2c(NCCCc3ccc(-c4ccc(OC(F)(F)F)cc4)cc3)nc(-c3cn[nH]c3)nc2s1. The van der Waals surface area contributed by atoms with Crippen molar-refractivity contribution >= 4 is 27.4 Å². The highest BCUT2D eigenvalue weighted by molar-refractivity contribution is 7.18. The lowest BCUT2D eigenvalue weighted by Crippen LogP contribution is -2.16. The minimum Gasteiger partial charge on any atom is -0.406 e. The van der Waals surface area contributed by atoms with E-state index in [9.17, 15) is 13.2 Å². The van der Waals surface area contributed by atoms with Crippen molar-refractivity contribution in [2.45, 2.75) is 26.1 Å². The van der Waals surface area contributed by atoms with Gasteiger partial charge in [-0.1, -0.05) is 36.4 Å². The predicted molar refractivity (Wildman–Crippen MR) is 135 cm³/mol. The number of nitrogens with one attached hydrogen (secondary N) is 2. The van der Waals surface area contributed by atoms with Gasteiger partial charge in [-0.25, -0.2) is 9.97 Å². The first-order valence-corrected chi connectivity index (χ1v) is 12.1. The molecule has 3 heterocycles. The summed E-state index contributed by atoms with van der Waals surface area (Å²) in [5.41, 5.74) is 3.77. The van der Waals surface area contributed by atoms with Crippen LogP contribution in [0.4, 0.5) is 19.0 Å². The summed E-state index contributed by atoms with van der Waals surface area (Å²) in [7, 11) is 0.